The second-order valence-electron chi connectivity index (χ2n) is 7.97. The zero-order valence-electron chi connectivity index (χ0n) is 16.4. The van der Waals surface area contributed by atoms with Crippen molar-refractivity contribution >= 4 is 5.97 Å². The van der Waals surface area contributed by atoms with Gasteiger partial charge in [-0.2, -0.15) is 0 Å². The SMILES string of the molecule is CCCCC[C@H](O)/C=C/[C@@H]1[C@H]2CC(CCCCC(=O)OC)=C[C@H]2C[C@H]1O. The fraction of sp³-hybridized carbons (Fsp3) is 0.773. The van der Waals surface area contributed by atoms with Crippen LogP contribution in [0.3, 0.4) is 0 Å². The summed E-state index contributed by atoms with van der Waals surface area (Å²) in [6.45, 7) is 2.16. The van der Waals surface area contributed by atoms with Crippen molar-refractivity contribution in [3.8, 4) is 0 Å². The Morgan fingerprint density at radius 3 is 2.88 bits per heavy atom. The summed E-state index contributed by atoms with van der Waals surface area (Å²) >= 11 is 0. The smallest absolute Gasteiger partial charge is 0.305 e. The number of carbonyl (C=O) groups is 1. The molecule has 5 atom stereocenters. The van der Waals surface area contributed by atoms with E-state index in [2.05, 4.69) is 23.8 Å². The number of aliphatic hydroxyl groups excluding tert-OH is 2. The third kappa shape index (κ3) is 6.24. The van der Waals surface area contributed by atoms with Crippen LogP contribution in [-0.4, -0.2) is 35.5 Å². The van der Waals surface area contributed by atoms with Crippen LogP contribution in [0.4, 0.5) is 0 Å². The maximum atomic E-state index is 11.2. The lowest BCUT2D eigenvalue weighted by atomic mass is 9.88. The summed E-state index contributed by atoms with van der Waals surface area (Å²) in [5.74, 6) is 0.963. The van der Waals surface area contributed by atoms with E-state index in [-0.39, 0.29) is 24.1 Å². The van der Waals surface area contributed by atoms with Gasteiger partial charge in [0.25, 0.3) is 0 Å². The summed E-state index contributed by atoms with van der Waals surface area (Å²) < 4.78 is 4.68. The zero-order valence-corrected chi connectivity index (χ0v) is 16.4. The second-order valence-corrected chi connectivity index (χ2v) is 7.97. The molecule has 0 aromatic heterocycles. The van der Waals surface area contributed by atoms with Crippen molar-refractivity contribution in [2.24, 2.45) is 17.8 Å². The predicted molar refractivity (Wildman–Crippen MR) is 104 cm³/mol. The van der Waals surface area contributed by atoms with E-state index < -0.39 is 0 Å². The summed E-state index contributed by atoms with van der Waals surface area (Å²) in [5, 5.41) is 20.5. The van der Waals surface area contributed by atoms with Crippen molar-refractivity contribution in [3.05, 3.63) is 23.8 Å². The largest absolute Gasteiger partial charge is 0.469 e. The van der Waals surface area contributed by atoms with Gasteiger partial charge in [0.05, 0.1) is 19.3 Å². The van der Waals surface area contributed by atoms with E-state index in [1.807, 2.05) is 6.08 Å². The van der Waals surface area contributed by atoms with Gasteiger partial charge in [0, 0.05) is 12.3 Å². The molecule has 2 rings (SSSR count). The van der Waals surface area contributed by atoms with E-state index in [1.165, 1.54) is 12.7 Å². The Morgan fingerprint density at radius 2 is 2.15 bits per heavy atom. The number of unbranched alkanes of at least 4 members (excludes halogenated alkanes) is 3. The Hall–Kier alpha value is -1.13. The molecule has 0 aromatic rings. The number of fused-ring (bicyclic) bond motifs is 1. The molecule has 0 bridgehead atoms. The molecule has 0 spiro atoms. The number of methoxy groups -OCH3 is 1. The van der Waals surface area contributed by atoms with Crippen molar-refractivity contribution in [3.63, 3.8) is 0 Å². The van der Waals surface area contributed by atoms with Gasteiger partial charge in [-0.1, -0.05) is 50.0 Å². The summed E-state index contributed by atoms with van der Waals surface area (Å²) in [6, 6.07) is 0. The molecule has 1 saturated carbocycles. The molecule has 0 heterocycles. The van der Waals surface area contributed by atoms with E-state index in [4.69, 9.17) is 0 Å². The minimum atomic E-state index is -0.389. The number of aliphatic hydroxyl groups is 2. The van der Waals surface area contributed by atoms with Crippen molar-refractivity contribution in [2.75, 3.05) is 7.11 Å². The van der Waals surface area contributed by atoms with E-state index >= 15 is 0 Å². The molecular weight excluding hydrogens is 328 g/mol. The monoisotopic (exact) mass is 364 g/mol. The molecule has 1 fully saturated rings. The molecule has 148 valence electrons. The highest BCUT2D eigenvalue weighted by Crippen LogP contribution is 2.48. The van der Waals surface area contributed by atoms with Gasteiger partial charge < -0.3 is 14.9 Å². The highest BCUT2D eigenvalue weighted by atomic mass is 16.5. The van der Waals surface area contributed by atoms with Gasteiger partial charge in [0.2, 0.25) is 0 Å². The quantitative estimate of drug-likeness (QED) is 0.328. The Bertz CT molecular complexity index is 496. The van der Waals surface area contributed by atoms with E-state index in [1.54, 1.807) is 0 Å². The third-order valence-electron chi connectivity index (χ3n) is 5.97. The minimum absolute atomic E-state index is 0.131. The molecule has 2 N–H and O–H groups in total. The number of hydrogen-bond acceptors (Lipinski definition) is 4. The zero-order chi connectivity index (χ0) is 18.9. The van der Waals surface area contributed by atoms with Crippen LogP contribution in [0.15, 0.2) is 23.8 Å². The third-order valence-corrected chi connectivity index (χ3v) is 5.97. The lowest BCUT2D eigenvalue weighted by molar-refractivity contribution is -0.140. The van der Waals surface area contributed by atoms with Crippen molar-refractivity contribution in [1.82, 2.24) is 0 Å². The van der Waals surface area contributed by atoms with Crippen LogP contribution in [0, 0.1) is 17.8 Å². The molecule has 0 aromatic carbocycles. The maximum absolute atomic E-state index is 11.2. The Kier molecular flexibility index (Phi) is 8.86. The minimum Gasteiger partial charge on any atom is -0.469 e. The second kappa shape index (κ2) is 10.9. The fourth-order valence-corrected chi connectivity index (χ4v) is 4.47. The van der Waals surface area contributed by atoms with Gasteiger partial charge >= 0.3 is 5.97 Å². The number of rotatable bonds is 11. The molecule has 4 nitrogen and oxygen atoms in total. The van der Waals surface area contributed by atoms with Crippen molar-refractivity contribution in [2.45, 2.75) is 83.3 Å². The average Bonchev–Trinajstić information content (AvgIpc) is 3.13. The topological polar surface area (TPSA) is 66.8 Å². The molecule has 26 heavy (non-hydrogen) atoms. The van der Waals surface area contributed by atoms with Crippen LogP contribution >= 0.6 is 0 Å². The molecule has 2 aliphatic carbocycles. The van der Waals surface area contributed by atoms with Gasteiger partial charge in [0.15, 0.2) is 0 Å². The lowest BCUT2D eigenvalue weighted by Gasteiger charge is -2.19. The Balaban J connectivity index is 1.76. The summed E-state index contributed by atoms with van der Waals surface area (Å²) in [7, 11) is 1.43. The molecular formula is C22H36O4. The van der Waals surface area contributed by atoms with E-state index in [9.17, 15) is 15.0 Å². The average molecular weight is 365 g/mol. The summed E-state index contributed by atoms with van der Waals surface area (Å²) in [4.78, 5) is 11.2. The molecule has 2 aliphatic rings. The highest BCUT2D eigenvalue weighted by Gasteiger charge is 2.43. The van der Waals surface area contributed by atoms with Crippen molar-refractivity contribution in [1.29, 1.82) is 0 Å². The highest BCUT2D eigenvalue weighted by molar-refractivity contribution is 5.68. The molecule has 0 unspecified atom stereocenters. The standard InChI is InChI=1S/C22H36O4/c1-3-4-5-9-18(23)11-12-19-20-14-16(13-17(20)15-21(19)24)8-6-7-10-22(25)26-2/h11-13,17-21,23-24H,3-10,14-15H2,1-2H3/b12-11+/t17-,18-,19+,20-,21+/m0/s1. The number of esters is 1. The van der Waals surface area contributed by atoms with E-state index in [0.717, 1.165) is 57.8 Å². The van der Waals surface area contributed by atoms with Gasteiger partial charge in [-0.3, -0.25) is 4.79 Å². The van der Waals surface area contributed by atoms with Crippen LogP contribution in [0.1, 0.15) is 71.1 Å². The first-order valence-electron chi connectivity index (χ1n) is 10.4. The van der Waals surface area contributed by atoms with Gasteiger partial charge in [-0.05, 0) is 50.4 Å². The fourth-order valence-electron chi connectivity index (χ4n) is 4.47. The van der Waals surface area contributed by atoms with Crippen LogP contribution < -0.4 is 0 Å². The first-order chi connectivity index (χ1) is 12.5. The molecule has 0 amide bonds. The van der Waals surface area contributed by atoms with E-state index in [0.29, 0.717) is 18.3 Å². The van der Waals surface area contributed by atoms with Crippen LogP contribution in [-0.2, 0) is 9.53 Å². The molecule has 0 radical (unpaired) electrons. The molecule has 0 aliphatic heterocycles. The first-order valence-corrected chi connectivity index (χ1v) is 10.4. The number of carbonyl (C=O) groups excluding carboxylic acids is 1. The Morgan fingerprint density at radius 1 is 1.35 bits per heavy atom. The predicted octanol–water partition coefficient (Wildman–Crippen LogP) is 4.16. The molecule has 4 heteroatoms. The van der Waals surface area contributed by atoms with Crippen LogP contribution in [0.25, 0.3) is 0 Å². The normalized spacial score (nSPS) is 29.0. The van der Waals surface area contributed by atoms with Gasteiger partial charge in [-0.15, -0.1) is 0 Å². The number of ether oxygens (including phenoxy) is 1. The number of allylic oxidation sites excluding steroid dienone is 2. The van der Waals surface area contributed by atoms with Crippen LogP contribution in [0.2, 0.25) is 0 Å². The maximum Gasteiger partial charge on any atom is 0.305 e. The lowest BCUT2D eigenvalue weighted by Crippen LogP contribution is -2.18. The first kappa shape index (κ1) is 21.2. The number of hydrogen-bond donors (Lipinski definition) is 2. The molecule has 0 saturated heterocycles. The summed E-state index contributed by atoms with van der Waals surface area (Å²) in [5.41, 5.74) is 1.47. The van der Waals surface area contributed by atoms with Crippen molar-refractivity contribution < 1.29 is 19.7 Å². The van der Waals surface area contributed by atoms with Gasteiger partial charge in [0.1, 0.15) is 0 Å². The van der Waals surface area contributed by atoms with Gasteiger partial charge in [-0.25, -0.2) is 0 Å². The Labute approximate surface area is 158 Å². The van der Waals surface area contributed by atoms with Crippen LogP contribution in [0.5, 0.6) is 0 Å². The summed E-state index contributed by atoms with van der Waals surface area (Å²) in [6.07, 6.45) is 15.1.